The summed E-state index contributed by atoms with van der Waals surface area (Å²) in [5, 5.41) is 10.6. The molecule has 0 aliphatic heterocycles. The lowest BCUT2D eigenvalue weighted by Gasteiger charge is -2.06. The van der Waals surface area contributed by atoms with Gasteiger partial charge in [0.25, 0.3) is 5.69 Å². The molecule has 17 heavy (non-hydrogen) atoms. The molecule has 0 atom stereocenters. The fourth-order valence-electron chi connectivity index (χ4n) is 1.70. The minimum absolute atomic E-state index is 0.109. The highest BCUT2D eigenvalue weighted by Crippen LogP contribution is 2.25. The molecule has 0 fully saturated rings. The molecule has 2 rings (SSSR count). The Morgan fingerprint density at radius 3 is 2.41 bits per heavy atom. The van der Waals surface area contributed by atoms with Gasteiger partial charge < -0.3 is 0 Å². The van der Waals surface area contributed by atoms with Gasteiger partial charge in [0, 0.05) is 24.0 Å². The quantitative estimate of drug-likeness (QED) is 0.585. The van der Waals surface area contributed by atoms with E-state index in [1.54, 1.807) is 12.1 Å². The summed E-state index contributed by atoms with van der Waals surface area (Å²) in [7, 11) is 0. The van der Waals surface area contributed by atoms with E-state index in [0.29, 0.717) is 0 Å². The van der Waals surface area contributed by atoms with Crippen LogP contribution in [-0.2, 0) is 0 Å². The van der Waals surface area contributed by atoms with Crippen LogP contribution in [0.15, 0.2) is 36.5 Å². The van der Waals surface area contributed by atoms with Crippen molar-refractivity contribution in [3.05, 3.63) is 57.9 Å². The van der Waals surface area contributed by atoms with E-state index in [0.717, 1.165) is 22.4 Å². The Labute approximate surface area is 99.1 Å². The van der Waals surface area contributed by atoms with E-state index in [1.165, 1.54) is 12.1 Å². The summed E-state index contributed by atoms with van der Waals surface area (Å²) in [5.41, 5.74) is 4.14. The predicted octanol–water partition coefficient (Wildman–Crippen LogP) is 3.27. The molecule has 1 aromatic heterocycles. The van der Waals surface area contributed by atoms with Crippen LogP contribution < -0.4 is 0 Å². The van der Waals surface area contributed by atoms with Gasteiger partial charge in [-0.05, 0) is 48.7 Å². The van der Waals surface area contributed by atoms with E-state index in [4.69, 9.17) is 0 Å². The van der Waals surface area contributed by atoms with Crippen molar-refractivity contribution in [1.29, 1.82) is 0 Å². The number of nitrogens with zero attached hydrogens (tertiary/aromatic N) is 2. The van der Waals surface area contributed by atoms with Crippen LogP contribution in [0, 0.1) is 24.0 Å². The molecule has 1 heterocycles. The van der Waals surface area contributed by atoms with Crippen molar-refractivity contribution in [1.82, 2.24) is 4.98 Å². The van der Waals surface area contributed by atoms with Crippen LogP contribution in [0.2, 0.25) is 0 Å². The van der Waals surface area contributed by atoms with Crippen LogP contribution in [0.5, 0.6) is 0 Å². The Morgan fingerprint density at radius 2 is 1.82 bits per heavy atom. The molecule has 0 aliphatic rings. The van der Waals surface area contributed by atoms with E-state index < -0.39 is 4.92 Å². The molecule has 2 aromatic rings. The van der Waals surface area contributed by atoms with Crippen molar-refractivity contribution in [2.45, 2.75) is 13.8 Å². The van der Waals surface area contributed by atoms with Crippen LogP contribution in [-0.4, -0.2) is 9.91 Å². The van der Waals surface area contributed by atoms with Crippen molar-refractivity contribution < 1.29 is 4.92 Å². The lowest BCUT2D eigenvalue weighted by molar-refractivity contribution is -0.384. The Hall–Kier alpha value is -2.23. The number of hydrogen-bond acceptors (Lipinski definition) is 3. The maximum absolute atomic E-state index is 10.6. The summed E-state index contributed by atoms with van der Waals surface area (Å²) >= 11 is 0. The molecule has 0 bridgehead atoms. The largest absolute Gasteiger partial charge is 0.269 e. The number of aryl methyl sites for hydroxylation is 2. The van der Waals surface area contributed by atoms with Crippen molar-refractivity contribution in [2.24, 2.45) is 0 Å². The number of pyridine rings is 1. The van der Waals surface area contributed by atoms with Gasteiger partial charge in [0.1, 0.15) is 0 Å². The van der Waals surface area contributed by atoms with E-state index in [2.05, 4.69) is 4.98 Å². The topological polar surface area (TPSA) is 56.0 Å². The number of hydrogen-bond donors (Lipinski definition) is 0. The molecule has 4 heteroatoms. The highest BCUT2D eigenvalue weighted by molar-refractivity contribution is 5.68. The number of nitro groups is 1. The van der Waals surface area contributed by atoms with Gasteiger partial charge in [-0.25, -0.2) is 0 Å². The third-order valence-electron chi connectivity index (χ3n) is 2.63. The van der Waals surface area contributed by atoms with Gasteiger partial charge in [-0.1, -0.05) is 0 Å². The van der Waals surface area contributed by atoms with Crippen LogP contribution in [0.4, 0.5) is 5.69 Å². The van der Waals surface area contributed by atoms with Gasteiger partial charge in [-0.3, -0.25) is 15.1 Å². The first-order valence-electron chi connectivity index (χ1n) is 5.26. The van der Waals surface area contributed by atoms with E-state index >= 15 is 0 Å². The Balaban J connectivity index is 2.46. The van der Waals surface area contributed by atoms with Gasteiger partial charge >= 0.3 is 0 Å². The van der Waals surface area contributed by atoms with Crippen LogP contribution in [0.25, 0.3) is 11.1 Å². The third kappa shape index (κ3) is 2.30. The maximum atomic E-state index is 10.6. The number of nitro benzene ring substituents is 1. The predicted molar refractivity (Wildman–Crippen MR) is 65.8 cm³/mol. The first kappa shape index (κ1) is 11.3. The number of rotatable bonds is 2. The van der Waals surface area contributed by atoms with Gasteiger partial charge in [0.15, 0.2) is 0 Å². The van der Waals surface area contributed by atoms with Gasteiger partial charge in [-0.15, -0.1) is 0 Å². The summed E-state index contributed by atoms with van der Waals surface area (Å²) < 4.78 is 0. The zero-order chi connectivity index (χ0) is 12.4. The highest BCUT2D eigenvalue weighted by atomic mass is 16.6. The average Bonchev–Trinajstić information content (AvgIpc) is 2.32. The summed E-state index contributed by atoms with van der Waals surface area (Å²) in [4.78, 5) is 14.4. The zero-order valence-electron chi connectivity index (χ0n) is 9.68. The number of aromatic nitrogens is 1. The summed E-state index contributed by atoms with van der Waals surface area (Å²) in [6, 6.07) is 8.55. The summed E-state index contributed by atoms with van der Waals surface area (Å²) in [6.45, 7) is 3.90. The minimum Gasteiger partial charge on any atom is -0.261 e. The van der Waals surface area contributed by atoms with Gasteiger partial charge in [0.05, 0.1) is 4.92 Å². The lowest BCUT2D eigenvalue weighted by Crippen LogP contribution is -1.90. The molecule has 0 amide bonds. The maximum Gasteiger partial charge on any atom is 0.269 e. The molecule has 0 saturated heterocycles. The van der Waals surface area contributed by atoms with E-state index in [-0.39, 0.29) is 5.69 Å². The van der Waals surface area contributed by atoms with Crippen LogP contribution in [0.3, 0.4) is 0 Å². The first-order valence-corrected chi connectivity index (χ1v) is 5.26. The molecule has 86 valence electrons. The third-order valence-corrected chi connectivity index (χ3v) is 2.63. The van der Waals surface area contributed by atoms with Crippen molar-refractivity contribution in [3.8, 4) is 11.1 Å². The van der Waals surface area contributed by atoms with Crippen molar-refractivity contribution >= 4 is 5.69 Å². The molecule has 4 nitrogen and oxygen atoms in total. The summed E-state index contributed by atoms with van der Waals surface area (Å²) in [6.07, 6.45) is 1.81. The highest BCUT2D eigenvalue weighted by Gasteiger charge is 2.07. The monoisotopic (exact) mass is 228 g/mol. The van der Waals surface area contributed by atoms with Gasteiger partial charge in [0.2, 0.25) is 0 Å². The molecule has 0 spiro atoms. The second kappa shape index (κ2) is 4.33. The smallest absolute Gasteiger partial charge is 0.261 e. The molecule has 0 saturated carbocycles. The number of benzene rings is 1. The second-order valence-electron chi connectivity index (χ2n) is 3.94. The Bertz CT molecular complexity index is 562. The normalized spacial score (nSPS) is 10.2. The molecular formula is C13H12N2O2. The summed E-state index contributed by atoms with van der Waals surface area (Å²) in [5.74, 6) is 0. The van der Waals surface area contributed by atoms with Gasteiger partial charge in [-0.2, -0.15) is 0 Å². The molecule has 0 N–H and O–H groups in total. The lowest BCUT2D eigenvalue weighted by atomic mass is 10.0. The molecular weight excluding hydrogens is 216 g/mol. The average molecular weight is 228 g/mol. The fourth-order valence-corrected chi connectivity index (χ4v) is 1.70. The van der Waals surface area contributed by atoms with Crippen molar-refractivity contribution in [2.75, 3.05) is 0 Å². The minimum atomic E-state index is -0.394. The Morgan fingerprint density at radius 1 is 1.18 bits per heavy atom. The van der Waals surface area contributed by atoms with E-state index in [9.17, 15) is 10.1 Å². The van der Waals surface area contributed by atoms with Crippen molar-refractivity contribution in [3.63, 3.8) is 0 Å². The van der Waals surface area contributed by atoms with E-state index in [1.807, 2.05) is 26.1 Å². The standard InChI is InChI=1S/C13H12N2O2/c1-9-8-14-10(2)7-13(9)11-3-5-12(6-4-11)15(16)17/h3-8H,1-2H3. The number of non-ortho nitro benzene ring substituents is 1. The fraction of sp³-hybridized carbons (Fsp3) is 0.154. The SMILES string of the molecule is Cc1cc(-c2ccc([N+](=O)[O-])cc2)c(C)cn1. The Kier molecular flexibility index (Phi) is 2.87. The molecule has 1 aromatic carbocycles. The molecule has 0 unspecified atom stereocenters. The molecule has 0 radical (unpaired) electrons. The first-order chi connectivity index (χ1) is 8.08. The molecule has 0 aliphatic carbocycles. The van der Waals surface area contributed by atoms with Crippen LogP contribution >= 0.6 is 0 Å². The van der Waals surface area contributed by atoms with Crippen LogP contribution in [0.1, 0.15) is 11.3 Å². The zero-order valence-corrected chi connectivity index (χ0v) is 9.68. The second-order valence-corrected chi connectivity index (χ2v) is 3.94.